The van der Waals surface area contributed by atoms with Crippen molar-refractivity contribution < 1.29 is 0 Å². The first-order valence-electron chi connectivity index (χ1n) is 2.73. The third-order valence-electron chi connectivity index (χ3n) is 0.885. The van der Waals surface area contributed by atoms with Crippen LogP contribution in [0, 0.1) is 0 Å². The van der Waals surface area contributed by atoms with E-state index >= 15 is 0 Å². The Morgan fingerprint density at radius 1 is 1.50 bits per heavy atom. The molecule has 0 saturated carbocycles. The molecule has 1 atom stereocenters. The van der Waals surface area contributed by atoms with Gasteiger partial charge in [0.05, 0.1) is 0 Å². The number of hydrogen-bond donors (Lipinski definition) is 0. The van der Waals surface area contributed by atoms with Gasteiger partial charge in [0.2, 0.25) is 0 Å². The topological polar surface area (TPSA) is 0 Å². The van der Waals surface area contributed by atoms with E-state index in [1.807, 2.05) is 0 Å². The molecule has 0 unspecified atom stereocenters. The van der Waals surface area contributed by atoms with Crippen LogP contribution >= 0.6 is 31.4 Å². The van der Waals surface area contributed by atoms with Gasteiger partial charge in [-0.25, -0.2) is 0 Å². The first-order chi connectivity index (χ1) is 3.63. The Labute approximate surface area is 64.4 Å². The third-order valence-corrected chi connectivity index (χ3v) is 3.88. The van der Waals surface area contributed by atoms with E-state index in [-0.39, 0.29) is 0 Å². The van der Waals surface area contributed by atoms with Crippen molar-refractivity contribution >= 4 is 31.4 Å². The zero-order valence-electron chi connectivity index (χ0n) is 5.75. The van der Waals surface area contributed by atoms with Gasteiger partial charge in [0, 0.05) is 0 Å². The van der Waals surface area contributed by atoms with Gasteiger partial charge in [-0.15, -0.1) is 0 Å². The van der Waals surface area contributed by atoms with Gasteiger partial charge >= 0.3 is 64.4 Å². The molecule has 0 bridgehead atoms. The van der Waals surface area contributed by atoms with Crippen LogP contribution in [-0.2, 0) is 0 Å². The fourth-order valence-electron chi connectivity index (χ4n) is 0.369. The fraction of sp³-hybridized carbons (Fsp3) is 1.00. The molecule has 0 aromatic carbocycles. The van der Waals surface area contributed by atoms with E-state index < -0.39 is 19.8 Å². The maximum absolute atomic E-state index is 5.75. The molecule has 52 valence electrons. The molecule has 0 heterocycles. The normalized spacial score (nSPS) is 15.8. The summed E-state index contributed by atoms with van der Waals surface area (Å²) in [5.74, 6) is 0. The second kappa shape index (κ2) is 4.86. The number of hydrogen-bond acceptors (Lipinski definition) is 0. The molecule has 0 rings (SSSR count). The average Bonchev–Trinajstić information content (AvgIpc) is 1.61. The number of alkyl halides is 4. The third kappa shape index (κ3) is 7.02. The van der Waals surface area contributed by atoms with Crippen LogP contribution < -0.4 is 0 Å². The van der Waals surface area contributed by atoms with E-state index in [9.17, 15) is 0 Å². The van der Waals surface area contributed by atoms with E-state index in [0.29, 0.717) is 5.38 Å². The molecule has 0 aliphatic carbocycles. The van der Waals surface area contributed by atoms with Gasteiger partial charge in [0.15, 0.2) is 0 Å². The molecule has 2 heteroatoms. The van der Waals surface area contributed by atoms with Crippen LogP contribution in [-0.4, -0.2) is 19.7 Å². The van der Waals surface area contributed by atoms with Gasteiger partial charge in [-0.05, 0) is 0 Å². The summed E-state index contributed by atoms with van der Waals surface area (Å²) in [6.45, 7) is 2.07. The van der Waals surface area contributed by atoms with Crippen LogP contribution in [0.1, 0.15) is 13.3 Å². The van der Waals surface area contributed by atoms with Crippen molar-refractivity contribution in [2.75, 3.05) is 14.3 Å². The van der Waals surface area contributed by atoms with Gasteiger partial charge in [-0.2, -0.15) is 0 Å². The summed E-state index contributed by atoms with van der Waals surface area (Å²) in [6, 6.07) is 0. The summed E-state index contributed by atoms with van der Waals surface area (Å²) in [6.07, 6.45) is 1.22. The summed E-state index contributed by atoms with van der Waals surface area (Å²) in [7, 11) is 0. The van der Waals surface area contributed by atoms with Gasteiger partial charge in [0.1, 0.15) is 0 Å². The van der Waals surface area contributed by atoms with Crippen LogP contribution in [0.5, 0.6) is 0 Å². The van der Waals surface area contributed by atoms with Crippen molar-refractivity contribution in [3.63, 3.8) is 0 Å². The molecule has 0 spiro atoms. The zero-order chi connectivity index (χ0) is 6.57. The van der Waals surface area contributed by atoms with E-state index in [1.54, 1.807) is 0 Å². The van der Waals surface area contributed by atoms with Crippen molar-refractivity contribution in [3.05, 3.63) is 0 Å². The molecule has 8 heavy (non-hydrogen) atoms. The van der Waals surface area contributed by atoms with Gasteiger partial charge in [0.25, 0.3) is 0 Å². The van der Waals surface area contributed by atoms with E-state index in [2.05, 4.69) is 16.8 Å². The van der Waals surface area contributed by atoms with Crippen LogP contribution in [0.2, 0.25) is 0 Å². The van der Waals surface area contributed by atoms with Gasteiger partial charge in [-0.1, -0.05) is 0 Å². The Kier molecular flexibility index (Phi) is 5.48. The minimum absolute atomic E-state index is 0.398. The molecule has 0 aliphatic heterocycles. The van der Waals surface area contributed by atoms with Gasteiger partial charge in [-0.3, -0.25) is 0 Å². The summed E-state index contributed by atoms with van der Waals surface area (Å²) < 4.78 is 1.41. The minimum atomic E-state index is -0.454. The van der Waals surface area contributed by atoms with E-state index in [1.165, 1.54) is 10.8 Å². The summed E-state index contributed by atoms with van der Waals surface area (Å²) in [5.41, 5.74) is 0. The molecule has 0 N–H and O–H groups in total. The molecule has 0 amide bonds. The van der Waals surface area contributed by atoms with Crippen molar-refractivity contribution in [3.8, 4) is 0 Å². The second-order valence-electron chi connectivity index (χ2n) is 2.17. The number of rotatable bonds is 3. The maximum atomic E-state index is 5.75. The van der Waals surface area contributed by atoms with Crippen molar-refractivity contribution in [1.82, 2.24) is 0 Å². The first kappa shape index (κ1) is 9.02. The quantitative estimate of drug-likeness (QED) is 0.532. The Morgan fingerprint density at radius 2 is 2.00 bits per heavy atom. The van der Waals surface area contributed by atoms with Crippen molar-refractivity contribution in [1.29, 1.82) is 0 Å². The molecule has 0 radical (unpaired) electrons. The fourth-order valence-corrected chi connectivity index (χ4v) is 3.03. The SMILES string of the molecule is C[C@@H](Cl)CCI(C)C. The molecular weight excluding hydrogens is 234 g/mol. The summed E-state index contributed by atoms with van der Waals surface area (Å²) >= 11 is 5.29. The Hall–Kier alpha value is 1.02. The Bertz CT molecular complexity index is 44.5. The zero-order valence-corrected chi connectivity index (χ0v) is 8.66. The number of halogens is 2. The molecule has 0 aromatic rings. The Morgan fingerprint density at radius 3 is 2.12 bits per heavy atom. The summed E-state index contributed by atoms with van der Waals surface area (Å²) in [5, 5.41) is 0.398. The van der Waals surface area contributed by atoms with Gasteiger partial charge < -0.3 is 0 Å². The van der Waals surface area contributed by atoms with E-state index in [4.69, 9.17) is 11.6 Å². The van der Waals surface area contributed by atoms with Crippen LogP contribution in [0.4, 0.5) is 0 Å². The summed E-state index contributed by atoms with van der Waals surface area (Å²) in [4.78, 5) is 4.76. The predicted molar refractivity (Wildman–Crippen MR) is 50.7 cm³/mol. The van der Waals surface area contributed by atoms with Crippen LogP contribution in [0.15, 0.2) is 0 Å². The molecule has 0 fully saturated rings. The molecule has 0 aromatic heterocycles. The average molecular weight is 249 g/mol. The Balaban J connectivity index is 2.93. The van der Waals surface area contributed by atoms with Crippen molar-refractivity contribution in [2.45, 2.75) is 18.7 Å². The molecule has 0 aliphatic rings. The van der Waals surface area contributed by atoms with E-state index in [0.717, 1.165) is 0 Å². The first-order valence-corrected chi connectivity index (χ1v) is 9.00. The predicted octanol–water partition coefficient (Wildman–Crippen LogP) is 2.77. The van der Waals surface area contributed by atoms with Crippen molar-refractivity contribution in [2.24, 2.45) is 0 Å². The monoisotopic (exact) mass is 248 g/mol. The molecule has 0 saturated heterocycles. The van der Waals surface area contributed by atoms with Crippen LogP contribution in [0.25, 0.3) is 0 Å². The van der Waals surface area contributed by atoms with Crippen LogP contribution in [0.3, 0.4) is 0 Å². The second-order valence-corrected chi connectivity index (χ2v) is 9.20. The molecule has 0 nitrogen and oxygen atoms in total. The molecular formula is C6H14ClI. The standard InChI is InChI=1S/C6H14ClI/c1-6(7)4-5-8(2)3/h6H,4-5H2,1-3H3/t6-/m1/s1.